The van der Waals surface area contributed by atoms with Gasteiger partial charge in [0.05, 0.1) is 48.5 Å². The van der Waals surface area contributed by atoms with Gasteiger partial charge in [-0.25, -0.2) is 0 Å². The molecule has 17 rings (SSSR count). The van der Waals surface area contributed by atoms with Gasteiger partial charge in [-0.15, -0.1) is 0 Å². The minimum atomic E-state index is -2.32. The molecule has 121 heavy (non-hydrogen) atoms. The van der Waals surface area contributed by atoms with Crippen LogP contribution in [-0.2, 0) is 62.0 Å². The van der Waals surface area contributed by atoms with Crippen molar-refractivity contribution < 1.29 is 122 Å². The summed E-state index contributed by atoms with van der Waals surface area (Å²) in [7, 11) is 1.49. The molecular formula is C84H106ClN11O25. The number of carbonyl (C=O) groups excluding carboxylic acids is 8. The highest BCUT2D eigenvalue weighted by Gasteiger charge is 2.55. The molecule has 22 atom stereocenters. The standard InChI is InChI=1S/C84H106ClN11O25/c1-34(2)16-49(89-7)74(107)95-64-66(102)42-11-15-53(48(85)21-42)117-55-23-43-22-54(70(55)121-81-71(68(104)67(103)56(32-97)118-81)120-59-31-83(6,88)73(106)36(4)115-59)116-45-12-8-40(9-13-45)69(119-58-30-82(5,87)72(105)35(3)114-58)65-80(113)94-63(76(109)90-33-84-27-37-17-38(28-84)19-39(18-37)29-84)47-24-44(98)25-52(100)60(47)46-20-41(10-14-51(46)99)61(77(110)96-65)93-78(111)62(43)92-75(108)50(26-57(86)101)91-79(64)112/h8-15,20-25,34-39,49-50,56,58-59,61-69,71-73,81,89,97-100,102-106H,16-19,26-33,87-88H2,1-7H3,(H2,86,101)(H,90,109)(H,91,112)(H,92,108)(H,93,111)(H,94,113)(H,95,107)(H,96,110)/t35-,36-,37?,38?,39?,49+,50-,56+,58-,59-,61+,62+,63-,64+,65-,66+,67+,68-,69+,71+,72-,73-,81-,82-,83-,84?/m0/s1. The molecular weight excluding hydrogens is 1600 g/mol. The Morgan fingerprint density at radius 1 is 0.645 bits per heavy atom. The topological polar surface area (TPSA) is 567 Å². The predicted octanol–water partition coefficient (Wildman–Crippen LogP) is 1.94. The minimum Gasteiger partial charge on any atom is -0.508 e. The number of fused-ring (bicyclic) bond motifs is 15. The Morgan fingerprint density at radius 2 is 1.24 bits per heavy atom. The normalized spacial score (nSPS) is 34.9. The van der Waals surface area contributed by atoms with Crippen molar-refractivity contribution in [1.82, 2.24) is 42.5 Å². The number of halogens is 1. The zero-order chi connectivity index (χ0) is 86.9. The van der Waals surface area contributed by atoms with Crippen LogP contribution in [0.2, 0.25) is 5.02 Å². The number of phenols is 3. The SMILES string of the molecule is CN[C@H](CC(C)C)C(=O)N[C@H]1C(=O)N[C@@H](CC(N)=O)C(=O)N[C@H]2C(=O)N[C@H]3C(=O)N[C@H](C(=O)N[C@H](C(=O)NCC45CC6CC(CC(C6)C4)C5)c4cc(O)cc(O)c4-c4cc3ccc4O)[C@H](O[C@H]3C[C@](C)(N)[C@@H](O)[C@H](C)O3)c3ccc(cc3)Oc3cc2cc(c3O[C@@H]2O[C@H](CO)[C@@H](O)[C@H](O)[C@H]2O[C@H]2C[C@](C)(N)[C@@H](O)[C@H](C)O2)Oc2ccc(cc2Cl)[C@H]1O. The number of carbonyl (C=O) groups is 8. The summed E-state index contributed by atoms with van der Waals surface area (Å²) in [6, 6.07) is 3.18. The maximum Gasteiger partial charge on any atom is 0.248 e. The largest absolute Gasteiger partial charge is 0.508 e. The van der Waals surface area contributed by atoms with Crippen molar-refractivity contribution in [3.8, 4) is 57.1 Å². The molecule has 0 radical (unpaired) electrons. The molecule has 12 aliphatic rings. The van der Waals surface area contributed by atoms with Gasteiger partial charge in [0.1, 0.15) is 95.5 Å². The Kier molecular flexibility index (Phi) is 25.3. The third-order valence-corrected chi connectivity index (χ3v) is 25.2. The van der Waals surface area contributed by atoms with Gasteiger partial charge >= 0.3 is 0 Å². The molecule has 8 amide bonds. The van der Waals surface area contributed by atoms with Crippen molar-refractivity contribution in [3.63, 3.8) is 0 Å². The Morgan fingerprint density at radius 3 is 1.84 bits per heavy atom. The maximum absolute atomic E-state index is 16.6. The van der Waals surface area contributed by atoms with Crippen LogP contribution >= 0.6 is 11.6 Å². The number of amides is 8. The van der Waals surface area contributed by atoms with Crippen molar-refractivity contribution in [2.24, 2.45) is 46.3 Å². The summed E-state index contributed by atoms with van der Waals surface area (Å²) in [6.45, 7) is 9.00. The molecule has 4 aliphatic carbocycles. The van der Waals surface area contributed by atoms with Crippen LogP contribution < -0.4 is 73.9 Å². The number of likely N-dealkylation sites (N-methyl/N-ethyl adjacent to an activating group) is 1. The Hall–Kier alpha value is -9.61. The Labute approximate surface area is 700 Å². The van der Waals surface area contributed by atoms with E-state index in [0.717, 1.165) is 68.9 Å². The molecule has 4 saturated carbocycles. The summed E-state index contributed by atoms with van der Waals surface area (Å²) in [5.74, 6) is -12.3. The lowest BCUT2D eigenvalue weighted by atomic mass is 9.49. The number of primary amides is 1. The second-order valence-corrected chi connectivity index (χ2v) is 35.3. The zero-order valence-corrected chi connectivity index (χ0v) is 68.3. The average molecular weight is 1710 g/mol. The van der Waals surface area contributed by atoms with E-state index in [2.05, 4.69) is 42.5 Å². The first kappa shape index (κ1) is 87.7. The van der Waals surface area contributed by atoms with Gasteiger partial charge in [0.2, 0.25) is 59.3 Å². The number of ether oxygens (including phenoxy) is 8. The van der Waals surface area contributed by atoms with Gasteiger partial charge in [-0.05, 0) is 191 Å². The van der Waals surface area contributed by atoms with E-state index in [4.69, 9.17) is 66.7 Å². The number of aromatic hydroxyl groups is 3. The number of phenolic OH excluding ortho intramolecular Hbond substituents is 3. The van der Waals surface area contributed by atoms with E-state index in [1.54, 1.807) is 6.92 Å². The first-order valence-electron chi connectivity index (χ1n) is 40.7. The van der Waals surface area contributed by atoms with E-state index < -0.39 is 234 Å². The lowest BCUT2D eigenvalue weighted by Gasteiger charge is -2.57. The maximum atomic E-state index is 16.6. The number of hydrogen-bond acceptors (Lipinski definition) is 28. The van der Waals surface area contributed by atoms with Gasteiger partial charge in [0, 0.05) is 47.7 Å². The molecule has 5 aromatic carbocycles. The molecule has 0 unspecified atom stereocenters. The van der Waals surface area contributed by atoms with E-state index in [9.17, 15) is 55.5 Å². The quantitative estimate of drug-likeness (QED) is 0.0632. The van der Waals surface area contributed by atoms with E-state index >= 15 is 28.8 Å². The van der Waals surface area contributed by atoms with E-state index in [1.165, 1.54) is 82.4 Å². The van der Waals surface area contributed by atoms with E-state index in [0.29, 0.717) is 17.8 Å². The monoisotopic (exact) mass is 1700 g/mol. The van der Waals surface area contributed by atoms with Gasteiger partial charge in [0.25, 0.3) is 0 Å². The minimum absolute atomic E-state index is 0.0330. The molecule has 23 N–H and O–H groups in total. The number of hydrogen-bond donors (Lipinski definition) is 20. The van der Waals surface area contributed by atoms with Crippen LogP contribution in [0.5, 0.6) is 46.0 Å². The molecule has 37 heteroatoms. The second kappa shape index (κ2) is 35.0. The summed E-state index contributed by atoms with van der Waals surface area (Å²) in [6.07, 6.45) is -16.3. The van der Waals surface area contributed by atoms with Crippen molar-refractivity contribution in [3.05, 3.63) is 118 Å². The molecule has 8 heterocycles. The highest BCUT2D eigenvalue weighted by atomic mass is 35.5. The van der Waals surface area contributed by atoms with Crippen LogP contribution in [0.3, 0.4) is 0 Å². The molecule has 7 fully saturated rings. The van der Waals surface area contributed by atoms with Crippen molar-refractivity contribution in [1.29, 1.82) is 0 Å². The fourth-order valence-electron chi connectivity index (χ4n) is 19.1. The molecule has 654 valence electrons. The molecule has 0 aromatic heterocycles. The Bertz CT molecular complexity index is 4750. The van der Waals surface area contributed by atoms with Crippen LogP contribution in [0.1, 0.15) is 164 Å². The van der Waals surface area contributed by atoms with E-state index in [1.807, 2.05) is 13.8 Å². The summed E-state index contributed by atoms with van der Waals surface area (Å²) < 4.78 is 52.5. The third kappa shape index (κ3) is 18.4. The number of aliphatic hydroxyl groups is 6. The highest BCUT2D eigenvalue weighted by molar-refractivity contribution is 6.32. The van der Waals surface area contributed by atoms with Crippen LogP contribution in [0, 0.1) is 29.1 Å². The summed E-state index contributed by atoms with van der Waals surface area (Å²) in [5, 5.41) is 127. The summed E-state index contributed by atoms with van der Waals surface area (Å²) in [4.78, 5) is 124. The lowest BCUT2D eigenvalue weighted by molar-refractivity contribution is -0.333. The fourth-order valence-corrected chi connectivity index (χ4v) is 19.3. The summed E-state index contributed by atoms with van der Waals surface area (Å²) in [5.41, 5.74) is 14.3. The predicted molar refractivity (Wildman–Crippen MR) is 427 cm³/mol. The number of benzene rings is 5. The number of aliphatic hydroxyl groups excluding tert-OH is 6. The van der Waals surface area contributed by atoms with Crippen molar-refractivity contribution in [2.45, 2.75) is 239 Å². The lowest BCUT2D eigenvalue weighted by Crippen LogP contribution is -2.64. The number of nitrogens with one attached hydrogen (secondary N) is 8. The van der Waals surface area contributed by atoms with Crippen LogP contribution in [0.4, 0.5) is 0 Å². The smallest absolute Gasteiger partial charge is 0.248 e. The number of nitrogens with two attached hydrogens (primary N) is 3. The molecule has 8 aliphatic heterocycles. The first-order chi connectivity index (χ1) is 57.3. The summed E-state index contributed by atoms with van der Waals surface area (Å²) >= 11 is 7.20. The van der Waals surface area contributed by atoms with Gasteiger partial charge in [-0.1, -0.05) is 49.7 Å². The fraction of sp³-hybridized carbons (Fsp3) is 0.548. The molecule has 15 bridgehead atoms. The molecule has 3 saturated heterocycles. The van der Waals surface area contributed by atoms with Crippen LogP contribution in [0.25, 0.3) is 11.1 Å². The van der Waals surface area contributed by atoms with Gasteiger partial charge < -0.3 is 144 Å². The Balaban J connectivity index is 0.983. The molecule has 0 spiro atoms. The van der Waals surface area contributed by atoms with Gasteiger partial charge in [-0.3, -0.25) is 38.4 Å². The number of rotatable bonds is 17. The zero-order valence-electron chi connectivity index (χ0n) is 67.6. The molecule has 36 nitrogen and oxygen atoms in total. The van der Waals surface area contributed by atoms with Gasteiger partial charge in [-0.2, -0.15) is 0 Å². The average Bonchev–Trinajstić information content (AvgIpc) is 0.750. The van der Waals surface area contributed by atoms with Crippen LogP contribution in [0.15, 0.2) is 84.9 Å². The van der Waals surface area contributed by atoms with E-state index in [-0.39, 0.29) is 87.0 Å². The molecule has 5 aromatic rings. The van der Waals surface area contributed by atoms with Crippen LogP contribution in [-0.4, -0.2) is 216 Å². The second-order valence-electron chi connectivity index (χ2n) is 34.9. The third-order valence-electron chi connectivity index (χ3n) is 24.9. The van der Waals surface area contributed by atoms with Crippen molar-refractivity contribution in [2.75, 3.05) is 20.2 Å². The van der Waals surface area contributed by atoms with Gasteiger partial charge in [0.15, 0.2) is 30.2 Å². The highest BCUT2D eigenvalue weighted by Crippen LogP contribution is 2.60. The van der Waals surface area contributed by atoms with Crippen molar-refractivity contribution >= 4 is 58.9 Å². The first-order valence-corrected chi connectivity index (χ1v) is 41.1.